The van der Waals surface area contributed by atoms with Gasteiger partial charge in [0.15, 0.2) is 0 Å². The number of sulfonamides is 1. The highest BCUT2D eigenvalue weighted by Crippen LogP contribution is 2.36. The number of pyridine rings is 1. The first kappa shape index (κ1) is 17.4. The molecule has 0 saturated carbocycles. The molecule has 1 aliphatic rings. The Morgan fingerprint density at radius 3 is 2.22 bits per heavy atom. The molecule has 7 heteroatoms. The highest BCUT2D eigenvalue weighted by Gasteiger charge is 2.29. The van der Waals surface area contributed by atoms with Gasteiger partial charge in [0.05, 0.1) is 22.3 Å². The number of benzene rings is 2. The van der Waals surface area contributed by atoms with E-state index < -0.39 is 10.0 Å². The van der Waals surface area contributed by atoms with Gasteiger partial charge in [0.1, 0.15) is 0 Å². The van der Waals surface area contributed by atoms with E-state index in [1.807, 2.05) is 35.3 Å². The van der Waals surface area contributed by atoms with Gasteiger partial charge in [0, 0.05) is 24.4 Å². The standard InChI is InChI=1S/C20H18N4O2S/c21-27(25,26)18-8-6-17(7-9-18)24-20(16-4-2-1-3-5-16)14-19(23-24)15-10-12-22-13-11-15/h1-13,20H,14H2,(H2,21,25,26). The molecule has 27 heavy (non-hydrogen) atoms. The van der Waals surface area contributed by atoms with Crippen molar-refractivity contribution in [3.05, 3.63) is 90.3 Å². The fraction of sp³-hybridized carbons (Fsp3) is 0.100. The monoisotopic (exact) mass is 378 g/mol. The lowest BCUT2D eigenvalue weighted by atomic mass is 9.99. The third-order valence-electron chi connectivity index (χ3n) is 4.54. The van der Waals surface area contributed by atoms with Gasteiger partial charge < -0.3 is 0 Å². The number of anilines is 1. The Kier molecular flexibility index (Phi) is 4.47. The van der Waals surface area contributed by atoms with Crippen molar-refractivity contribution in [3.8, 4) is 0 Å². The number of nitrogens with zero attached hydrogens (tertiary/aromatic N) is 3. The summed E-state index contributed by atoms with van der Waals surface area (Å²) in [5.74, 6) is 0. The zero-order valence-electron chi connectivity index (χ0n) is 14.4. The van der Waals surface area contributed by atoms with E-state index in [2.05, 4.69) is 17.1 Å². The van der Waals surface area contributed by atoms with E-state index in [0.29, 0.717) is 0 Å². The Bertz CT molecular complexity index is 1070. The number of hydrogen-bond donors (Lipinski definition) is 1. The second kappa shape index (κ2) is 6.94. The van der Waals surface area contributed by atoms with Crippen LogP contribution in [0.4, 0.5) is 5.69 Å². The quantitative estimate of drug-likeness (QED) is 0.755. The van der Waals surface area contributed by atoms with Crippen LogP contribution in [0.25, 0.3) is 0 Å². The normalized spacial score (nSPS) is 17.0. The van der Waals surface area contributed by atoms with Crippen LogP contribution in [-0.2, 0) is 10.0 Å². The Labute approximate surface area is 158 Å². The van der Waals surface area contributed by atoms with Crippen LogP contribution in [0.1, 0.15) is 23.6 Å². The lowest BCUT2D eigenvalue weighted by Crippen LogP contribution is -2.19. The van der Waals surface area contributed by atoms with Crippen molar-refractivity contribution in [3.63, 3.8) is 0 Å². The van der Waals surface area contributed by atoms with Gasteiger partial charge in [-0.1, -0.05) is 30.3 Å². The minimum absolute atomic E-state index is 0.0229. The van der Waals surface area contributed by atoms with E-state index in [1.165, 1.54) is 12.1 Å². The van der Waals surface area contributed by atoms with Crippen molar-refractivity contribution < 1.29 is 8.42 Å². The molecule has 4 rings (SSSR count). The molecular weight excluding hydrogens is 360 g/mol. The number of hydrazone groups is 1. The topological polar surface area (TPSA) is 88.7 Å². The van der Waals surface area contributed by atoms with Crippen LogP contribution in [0.2, 0.25) is 0 Å². The van der Waals surface area contributed by atoms with Crippen LogP contribution in [0, 0.1) is 0 Å². The molecule has 1 aliphatic heterocycles. The first-order valence-corrected chi connectivity index (χ1v) is 10.0. The number of rotatable bonds is 4. The van der Waals surface area contributed by atoms with Crippen molar-refractivity contribution >= 4 is 21.4 Å². The summed E-state index contributed by atoms with van der Waals surface area (Å²) in [5.41, 5.74) is 3.93. The largest absolute Gasteiger partial charge is 0.265 e. The third-order valence-corrected chi connectivity index (χ3v) is 5.47. The molecular formula is C20H18N4O2S. The van der Waals surface area contributed by atoms with Gasteiger partial charge in [-0.3, -0.25) is 9.99 Å². The zero-order valence-corrected chi connectivity index (χ0v) is 15.3. The molecule has 0 bridgehead atoms. The minimum Gasteiger partial charge on any atom is -0.265 e. The number of aromatic nitrogens is 1. The van der Waals surface area contributed by atoms with E-state index in [9.17, 15) is 8.42 Å². The maximum absolute atomic E-state index is 11.5. The number of hydrogen-bond acceptors (Lipinski definition) is 5. The summed E-state index contributed by atoms with van der Waals surface area (Å²) < 4.78 is 23.0. The molecule has 1 aromatic heterocycles. The predicted molar refractivity (Wildman–Crippen MR) is 105 cm³/mol. The summed E-state index contributed by atoms with van der Waals surface area (Å²) in [7, 11) is -3.72. The van der Waals surface area contributed by atoms with Crippen LogP contribution < -0.4 is 10.1 Å². The van der Waals surface area contributed by atoms with E-state index >= 15 is 0 Å². The molecule has 0 spiro atoms. The van der Waals surface area contributed by atoms with Crippen molar-refractivity contribution in [2.24, 2.45) is 10.2 Å². The molecule has 3 aromatic rings. The average molecular weight is 378 g/mol. The summed E-state index contributed by atoms with van der Waals surface area (Å²) >= 11 is 0. The fourth-order valence-electron chi connectivity index (χ4n) is 3.19. The molecule has 0 amide bonds. The van der Waals surface area contributed by atoms with Gasteiger partial charge in [-0.05, 0) is 42.0 Å². The average Bonchev–Trinajstić information content (AvgIpc) is 3.14. The molecule has 0 radical (unpaired) electrons. The summed E-state index contributed by atoms with van der Waals surface area (Å²) in [5, 5.41) is 12.0. The first-order chi connectivity index (χ1) is 13.0. The lowest BCUT2D eigenvalue weighted by Gasteiger charge is -2.24. The molecule has 2 heterocycles. The summed E-state index contributed by atoms with van der Waals surface area (Å²) in [4.78, 5) is 4.15. The molecule has 136 valence electrons. The van der Waals surface area contributed by atoms with E-state index in [-0.39, 0.29) is 10.9 Å². The maximum Gasteiger partial charge on any atom is 0.238 e. The van der Waals surface area contributed by atoms with Gasteiger partial charge in [-0.2, -0.15) is 5.10 Å². The third kappa shape index (κ3) is 3.60. The molecule has 2 aromatic carbocycles. The molecule has 6 nitrogen and oxygen atoms in total. The van der Waals surface area contributed by atoms with Crippen LogP contribution in [-0.4, -0.2) is 19.1 Å². The van der Waals surface area contributed by atoms with E-state index in [1.54, 1.807) is 24.5 Å². The minimum atomic E-state index is -3.72. The van der Waals surface area contributed by atoms with Crippen LogP contribution >= 0.6 is 0 Å². The van der Waals surface area contributed by atoms with Gasteiger partial charge in [-0.15, -0.1) is 0 Å². The Balaban J connectivity index is 1.74. The summed E-state index contributed by atoms with van der Waals surface area (Å²) in [6, 6.07) is 20.5. The number of nitrogens with two attached hydrogens (primary N) is 1. The SMILES string of the molecule is NS(=O)(=O)c1ccc(N2N=C(c3ccncc3)CC2c2ccccc2)cc1. The second-order valence-corrected chi connectivity index (χ2v) is 7.86. The maximum atomic E-state index is 11.5. The van der Waals surface area contributed by atoms with E-state index in [0.717, 1.165) is 28.9 Å². The highest BCUT2D eigenvalue weighted by atomic mass is 32.2. The van der Waals surface area contributed by atoms with Gasteiger partial charge in [0.2, 0.25) is 10.0 Å². The lowest BCUT2D eigenvalue weighted by molar-refractivity contribution is 0.597. The van der Waals surface area contributed by atoms with Crippen molar-refractivity contribution in [2.45, 2.75) is 17.4 Å². The first-order valence-electron chi connectivity index (χ1n) is 8.47. The summed E-state index contributed by atoms with van der Waals surface area (Å²) in [6.45, 7) is 0. The van der Waals surface area contributed by atoms with Crippen molar-refractivity contribution in [1.82, 2.24) is 4.98 Å². The van der Waals surface area contributed by atoms with Gasteiger partial charge in [-0.25, -0.2) is 13.6 Å². The van der Waals surface area contributed by atoms with Crippen LogP contribution in [0.3, 0.4) is 0 Å². The van der Waals surface area contributed by atoms with Crippen LogP contribution in [0.5, 0.6) is 0 Å². The van der Waals surface area contributed by atoms with Crippen molar-refractivity contribution in [2.75, 3.05) is 5.01 Å². The second-order valence-electron chi connectivity index (χ2n) is 6.30. The fourth-order valence-corrected chi connectivity index (χ4v) is 3.71. The highest BCUT2D eigenvalue weighted by molar-refractivity contribution is 7.89. The molecule has 0 aliphatic carbocycles. The van der Waals surface area contributed by atoms with Gasteiger partial charge in [0.25, 0.3) is 0 Å². The summed E-state index contributed by atoms with van der Waals surface area (Å²) in [6.07, 6.45) is 4.24. The smallest absolute Gasteiger partial charge is 0.238 e. The Morgan fingerprint density at radius 2 is 1.59 bits per heavy atom. The predicted octanol–water partition coefficient (Wildman–Crippen LogP) is 3.08. The van der Waals surface area contributed by atoms with Gasteiger partial charge >= 0.3 is 0 Å². The Morgan fingerprint density at radius 1 is 0.926 bits per heavy atom. The molecule has 2 N–H and O–H groups in total. The van der Waals surface area contributed by atoms with Crippen molar-refractivity contribution in [1.29, 1.82) is 0 Å². The Hall–Kier alpha value is -3.03. The molecule has 1 unspecified atom stereocenters. The molecule has 0 fully saturated rings. The van der Waals surface area contributed by atoms with E-state index in [4.69, 9.17) is 10.2 Å². The van der Waals surface area contributed by atoms with Crippen LogP contribution in [0.15, 0.2) is 89.1 Å². The zero-order chi connectivity index (χ0) is 18.9. The molecule has 0 saturated heterocycles. The molecule has 1 atom stereocenters. The number of primary sulfonamides is 1.